The van der Waals surface area contributed by atoms with Crippen LogP contribution in [-0.4, -0.2) is 61.1 Å². The fourth-order valence-corrected chi connectivity index (χ4v) is 3.18. The number of aromatic nitrogens is 4. The van der Waals surface area contributed by atoms with E-state index >= 15 is 0 Å². The van der Waals surface area contributed by atoms with Gasteiger partial charge in [-0.3, -0.25) is 9.69 Å². The summed E-state index contributed by atoms with van der Waals surface area (Å²) in [6.45, 7) is 7.19. The van der Waals surface area contributed by atoms with Crippen molar-refractivity contribution in [2.45, 2.75) is 32.5 Å². The van der Waals surface area contributed by atoms with Crippen molar-refractivity contribution in [1.82, 2.24) is 30.0 Å². The summed E-state index contributed by atoms with van der Waals surface area (Å²) in [7, 11) is 0. The number of carbonyl (C=O) groups is 1. The van der Waals surface area contributed by atoms with Gasteiger partial charge in [0.15, 0.2) is 0 Å². The first-order valence-corrected chi connectivity index (χ1v) is 7.92. The molecule has 0 saturated carbocycles. The van der Waals surface area contributed by atoms with E-state index < -0.39 is 0 Å². The van der Waals surface area contributed by atoms with E-state index in [1.807, 2.05) is 4.90 Å². The summed E-state index contributed by atoms with van der Waals surface area (Å²) >= 11 is 0. The quantitative estimate of drug-likeness (QED) is 0.833. The van der Waals surface area contributed by atoms with Gasteiger partial charge in [0.05, 0.1) is 5.54 Å². The molecule has 1 aliphatic heterocycles. The molecule has 1 saturated heterocycles. The van der Waals surface area contributed by atoms with Gasteiger partial charge in [0.1, 0.15) is 18.7 Å². The number of rotatable bonds is 4. The highest BCUT2D eigenvalue weighted by Gasteiger charge is 2.36. The summed E-state index contributed by atoms with van der Waals surface area (Å²) < 4.78 is 14.4. The smallest absolute Gasteiger partial charge is 0.244 e. The van der Waals surface area contributed by atoms with Crippen LogP contribution in [0.4, 0.5) is 4.39 Å². The number of hydrogen-bond acceptors (Lipinski definition) is 5. The van der Waals surface area contributed by atoms with Crippen LogP contribution in [0.3, 0.4) is 0 Å². The standard InChI is InChI=1S/C16H21FN6O/c1-16(2)11-21(9-13-3-5-14(17)6-4-13)7-8-23(16)15(24)10-22-12-18-19-20-22/h3-6,12H,7-11H2,1-2H3. The predicted octanol–water partition coefficient (Wildman–Crippen LogP) is 0.935. The molecule has 0 atom stereocenters. The van der Waals surface area contributed by atoms with E-state index in [0.717, 1.165) is 25.2 Å². The lowest BCUT2D eigenvalue weighted by atomic mass is 9.98. The Morgan fingerprint density at radius 3 is 2.62 bits per heavy atom. The average Bonchev–Trinajstić information content (AvgIpc) is 3.01. The first-order valence-electron chi connectivity index (χ1n) is 7.92. The lowest BCUT2D eigenvalue weighted by molar-refractivity contribution is -0.141. The molecule has 24 heavy (non-hydrogen) atoms. The van der Waals surface area contributed by atoms with Crippen molar-refractivity contribution in [3.8, 4) is 0 Å². The van der Waals surface area contributed by atoms with Gasteiger partial charge in [-0.1, -0.05) is 12.1 Å². The molecule has 0 unspecified atom stereocenters. The molecule has 2 heterocycles. The fourth-order valence-electron chi connectivity index (χ4n) is 3.18. The zero-order valence-corrected chi connectivity index (χ0v) is 13.9. The number of halogens is 1. The molecule has 1 fully saturated rings. The second-order valence-electron chi connectivity index (χ2n) is 6.70. The van der Waals surface area contributed by atoms with Crippen LogP contribution in [-0.2, 0) is 17.9 Å². The first-order chi connectivity index (χ1) is 11.4. The second kappa shape index (κ2) is 6.64. The highest BCUT2D eigenvalue weighted by molar-refractivity contribution is 5.76. The molecular formula is C16H21FN6O. The lowest BCUT2D eigenvalue weighted by Gasteiger charge is -2.47. The van der Waals surface area contributed by atoms with Gasteiger partial charge in [-0.2, -0.15) is 0 Å². The third-order valence-corrected chi connectivity index (χ3v) is 4.29. The minimum atomic E-state index is -0.288. The van der Waals surface area contributed by atoms with Crippen molar-refractivity contribution in [1.29, 1.82) is 0 Å². The average molecular weight is 332 g/mol. The van der Waals surface area contributed by atoms with Crippen molar-refractivity contribution in [3.63, 3.8) is 0 Å². The zero-order valence-electron chi connectivity index (χ0n) is 13.9. The van der Waals surface area contributed by atoms with Crippen molar-refractivity contribution in [3.05, 3.63) is 42.0 Å². The molecular weight excluding hydrogens is 311 g/mol. The summed E-state index contributed by atoms with van der Waals surface area (Å²) in [5.74, 6) is -0.217. The molecule has 8 heteroatoms. The summed E-state index contributed by atoms with van der Waals surface area (Å²) in [4.78, 5) is 16.7. The maximum absolute atomic E-state index is 13.0. The minimum absolute atomic E-state index is 0.00809. The minimum Gasteiger partial charge on any atom is -0.333 e. The molecule has 1 aromatic carbocycles. The van der Waals surface area contributed by atoms with E-state index in [1.54, 1.807) is 12.1 Å². The number of hydrogen-bond donors (Lipinski definition) is 0. The third kappa shape index (κ3) is 3.76. The Morgan fingerprint density at radius 1 is 1.25 bits per heavy atom. The van der Waals surface area contributed by atoms with Crippen LogP contribution in [0, 0.1) is 5.82 Å². The van der Waals surface area contributed by atoms with Gasteiger partial charge in [0.2, 0.25) is 5.91 Å². The number of tetrazole rings is 1. The number of piperazine rings is 1. The SMILES string of the molecule is CC1(C)CN(Cc2ccc(F)cc2)CCN1C(=O)Cn1cnnn1. The second-order valence-corrected chi connectivity index (χ2v) is 6.70. The molecule has 1 aromatic heterocycles. The van der Waals surface area contributed by atoms with Crippen LogP contribution in [0.5, 0.6) is 0 Å². The number of carbonyl (C=O) groups excluding carboxylic acids is 1. The van der Waals surface area contributed by atoms with Crippen LogP contribution in [0.2, 0.25) is 0 Å². The molecule has 0 bridgehead atoms. The molecule has 1 aliphatic rings. The fraction of sp³-hybridized carbons (Fsp3) is 0.500. The van der Waals surface area contributed by atoms with Crippen molar-refractivity contribution < 1.29 is 9.18 Å². The normalized spacial score (nSPS) is 17.9. The van der Waals surface area contributed by atoms with Gasteiger partial charge < -0.3 is 4.90 Å². The Kier molecular flexibility index (Phi) is 4.57. The molecule has 0 spiro atoms. The molecule has 1 amide bonds. The zero-order chi connectivity index (χ0) is 17.2. The molecule has 7 nitrogen and oxygen atoms in total. The Morgan fingerprint density at radius 2 is 2.00 bits per heavy atom. The molecule has 3 rings (SSSR count). The van der Waals surface area contributed by atoms with Gasteiger partial charge >= 0.3 is 0 Å². The number of amides is 1. The van der Waals surface area contributed by atoms with Gasteiger partial charge in [0, 0.05) is 26.2 Å². The number of nitrogens with zero attached hydrogens (tertiary/aromatic N) is 6. The molecule has 2 aromatic rings. The maximum atomic E-state index is 13.0. The van der Waals surface area contributed by atoms with Gasteiger partial charge in [-0.25, -0.2) is 9.07 Å². The van der Waals surface area contributed by atoms with Crippen LogP contribution in [0.25, 0.3) is 0 Å². The molecule has 0 N–H and O–H groups in total. The maximum Gasteiger partial charge on any atom is 0.244 e. The highest BCUT2D eigenvalue weighted by Crippen LogP contribution is 2.23. The predicted molar refractivity (Wildman–Crippen MR) is 85.3 cm³/mol. The third-order valence-electron chi connectivity index (χ3n) is 4.29. The van der Waals surface area contributed by atoms with Crippen LogP contribution < -0.4 is 0 Å². The molecule has 128 valence electrons. The van der Waals surface area contributed by atoms with E-state index in [1.165, 1.54) is 23.1 Å². The van der Waals surface area contributed by atoms with E-state index in [2.05, 4.69) is 34.3 Å². The van der Waals surface area contributed by atoms with E-state index in [9.17, 15) is 9.18 Å². The first kappa shape index (κ1) is 16.5. The Labute approximate surface area is 140 Å². The largest absolute Gasteiger partial charge is 0.333 e. The van der Waals surface area contributed by atoms with Crippen LogP contribution in [0.1, 0.15) is 19.4 Å². The van der Waals surface area contributed by atoms with Crippen molar-refractivity contribution >= 4 is 5.91 Å². The van der Waals surface area contributed by atoms with E-state index in [-0.39, 0.29) is 23.8 Å². The summed E-state index contributed by atoms with van der Waals surface area (Å²) in [6.07, 6.45) is 1.44. The van der Waals surface area contributed by atoms with Gasteiger partial charge in [0.25, 0.3) is 0 Å². The van der Waals surface area contributed by atoms with E-state index in [0.29, 0.717) is 6.54 Å². The van der Waals surface area contributed by atoms with Crippen molar-refractivity contribution in [2.75, 3.05) is 19.6 Å². The lowest BCUT2D eigenvalue weighted by Crippen LogP contribution is -2.61. The highest BCUT2D eigenvalue weighted by atomic mass is 19.1. The van der Waals surface area contributed by atoms with Crippen LogP contribution >= 0.6 is 0 Å². The number of benzene rings is 1. The van der Waals surface area contributed by atoms with Crippen LogP contribution in [0.15, 0.2) is 30.6 Å². The Bertz CT molecular complexity index is 685. The van der Waals surface area contributed by atoms with E-state index in [4.69, 9.17) is 0 Å². The summed E-state index contributed by atoms with van der Waals surface area (Å²) in [5, 5.41) is 10.8. The Hall–Kier alpha value is -2.35. The van der Waals surface area contributed by atoms with Gasteiger partial charge in [-0.15, -0.1) is 5.10 Å². The molecule has 0 aliphatic carbocycles. The van der Waals surface area contributed by atoms with Crippen molar-refractivity contribution in [2.24, 2.45) is 0 Å². The summed E-state index contributed by atoms with van der Waals surface area (Å²) in [5.41, 5.74) is 0.782. The Balaban J connectivity index is 1.61. The summed E-state index contributed by atoms with van der Waals surface area (Å²) in [6, 6.07) is 6.56. The van der Waals surface area contributed by atoms with Gasteiger partial charge in [-0.05, 0) is 42.0 Å². The molecule has 0 radical (unpaired) electrons. The topological polar surface area (TPSA) is 67.2 Å². The monoisotopic (exact) mass is 332 g/mol.